The Morgan fingerprint density at radius 3 is 3.06 bits per heavy atom. The first-order valence-electron chi connectivity index (χ1n) is 5.14. The molecule has 2 aromatic rings. The molecule has 0 aliphatic heterocycles. The zero-order chi connectivity index (χ0) is 12.3. The minimum atomic E-state index is -0.921. The van der Waals surface area contributed by atoms with Crippen molar-refractivity contribution in [2.24, 2.45) is 0 Å². The summed E-state index contributed by atoms with van der Waals surface area (Å²) >= 11 is 2.91. The summed E-state index contributed by atoms with van der Waals surface area (Å²) in [5.74, 6) is -0.921. The van der Waals surface area contributed by atoms with E-state index in [-0.39, 0.29) is 0 Å². The van der Waals surface area contributed by atoms with Gasteiger partial charge in [0, 0.05) is 11.4 Å². The van der Waals surface area contributed by atoms with Crippen molar-refractivity contribution in [3.8, 4) is 0 Å². The summed E-state index contributed by atoms with van der Waals surface area (Å²) in [6.45, 7) is 2.44. The zero-order valence-electron chi connectivity index (χ0n) is 9.27. The molecule has 0 spiro atoms. The van der Waals surface area contributed by atoms with Gasteiger partial charge in [-0.2, -0.15) is 4.37 Å². The third-order valence-corrected chi connectivity index (χ3v) is 4.15. The van der Waals surface area contributed by atoms with Crippen LogP contribution < -0.4 is 5.32 Å². The SMILES string of the molecule is Cc1nsc(NCCc2cccs2)c1C(=O)O. The summed E-state index contributed by atoms with van der Waals surface area (Å²) in [6, 6.07) is 4.09. The van der Waals surface area contributed by atoms with Gasteiger partial charge in [-0.3, -0.25) is 0 Å². The number of aryl methyl sites for hydroxylation is 1. The molecule has 17 heavy (non-hydrogen) atoms. The normalized spacial score (nSPS) is 10.4. The van der Waals surface area contributed by atoms with Crippen molar-refractivity contribution in [3.05, 3.63) is 33.6 Å². The van der Waals surface area contributed by atoms with Crippen molar-refractivity contribution >= 4 is 33.8 Å². The summed E-state index contributed by atoms with van der Waals surface area (Å²) in [6.07, 6.45) is 0.897. The number of rotatable bonds is 5. The molecule has 0 saturated heterocycles. The Balaban J connectivity index is 1.97. The molecule has 0 aliphatic carbocycles. The van der Waals surface area contributed by atoms with E-state index in [1.807, 2.05) is 11.4 Å². The Labute approximate surface area is 107 Å². The monoisotopic (exact) mass is 268 g/mol. The zero-order valence-corrected chi connectivity index (χ0v) is 10.9. The minimum Gasteiger partial charge on any atom is -0.478 e. The van der Waals surface area contributed by atoms with Gasteiger partial charge in [0.25, 0.3) is 0 Å². The topological polar surface area (TPSA) is 62.2 Å². The molecular weight excluding hydrogens is 256 g/mol. The largest absolute Gasteiger partial charge is 0.478 e. The van der Waals surface area contributed by atoms with Crippen LogP contribution in [0.25, 0.3) is 0 Å². The lowest BCUT2D eigenvalue weighted by atomic mass is 10.2. The van der Waals surface area contributed by atoms with Gasteiger partial charge in [-0.05, 0) is 36.3 Å². The number of thiophene rings is 1. The third kappa shape index (κ3) is 2.83. The lowest BCUT2D eigenvalue weighted by molar-refractivity contribution is 0.0697. The molecule has 4 nitrogen and oxygen atoms in total. The highest BCUT2D eigenvalue weighted by Crippen LogP contribution is 2.24. The van der Waals surface area contributed by atoms with Gasteiger partial charge >= 0.3 is 5.97 Å². The highest BCUT2D eigenvalue weighted by molar-refractivity contribution is 7.10. The van der Waals surface area contributed by atoms with E-state index in [1.165, 1.54) is 16.4 Å². The average Bonchev–Trinajstić information content (AvgIpc) is 2.88. The third-order valence-electron chi connectivity index (χ3n) is 2.31. The number of carboxylic acids is 1. The predicted molar refractivity (Wildman–Crippen MR) is 70.3 cm³/mol. The van der Waals surface area contributed by atoms with Crippen LogP contribution in [0.4, 0.5) is 5.00 Å². The Kier molecular flexibility index (Phi) is 3.75. The molecule has 90 valence electrons. The second-order valence-corrected chi connectivity index (χ2v) is 5.34. The second-order valence-electron chi connectivity index (χ2n) is 3.53. The molecule has 6 heteroatoms. The fraction of sp³-hybridized carbons (Fsp3) is 0.273. The Bertz CT molecular complexity index is 506. The van der Waals surface area contributed by atoms with E-state index in [1.54, 1.807) is 18.3 Å². The van der Waals surface area contributed by atoms with E-state index >= 15 is 0 Å². The maximum absolute atomic E-state index is 11.0. The van der Waals surface area contributed by atoms with Gasteiger partial charge in [-0.15, -0.1) is 11.3 Å². The van der Waals surface area contributed by atoms with Gasteiger partial charge in [-0.25, -0.2) is 4.79 Å². The maximum Gasteiger partial charge on any atom is 0.340 e. The molecule has 0 fully saturated rings. The van der Waals surface area contributed by atoms with Gasteiger partial charge in [0.2, 0.25) is 0 Å². The van der Waals surface area contributed by atoms with Crippen molar-refractivity contribution in [3.63, 3.8) is 0 Å². The van der Waals surface area contributed by atoms with Crippen LogP contribution in [0.3, 0.4) is 0 Å². The maximum atomic E-state index is 11.0. The number of anilines is 1. The molecule has 0 bridgehead atoms. The lowest BCUT2D eigenvalue weighted by Gasteiger charge is -2.03. The van der Waals surface area contributed by atoms with E-state index in [2.05, 4.69) is 15.8 Å². The molecule has 0 aliphatic rings. The van der Waals surface area contributed by atoms with Gasteiger partial charge in [-0.1, -0.05) is 6.07 Å². The van der Waals surface area contributed by atoms with E-state index in [4.69, 9.17) is 5.11 Å². The van der Waals surface area contributed by atoms with Crippen LogP contribution in [0, 0.1) is 6.92 Å². The highest BCUT2D eigenvalue weighted by Gasteiger charge is 2.16. The molecule has 0 radical (unpaired) electrons. The highest BCUT2D eigenvalue weighted by atomic mass is 32.1. The van der Waals surface area contributed by atoms with Crippen LogP contribution in [0.15, 0.2) is 17.5 Å². The molecule has 0 atom stereocenters. The Morgan fingerprint density at radius 2 is 2.41 bits per heavy atom. The molecule has 2 heterocycles. The first-order chi connectivity index (χ1) is 8.18. The molecule has 0 unspecified atom stereocenters. The van der Waals surface area contributed by atoms with Crippen molar-refractivity contribution < 1.29 is 9.90 Å². The molecule has 2 aromatic heterocycles. The number of hydrogen-bond acceptors (Lipinski definition) is 5. The van der Waals surface area contributed by atoms with Gasteiger partial charge in [0.15, 0.2) is 0 Å². The first kappa shape index (κ1) is 12.1. The van der Waals surface area contributed by atoms with Crippen molar-refractivity contribution in [1.29, 1.82) is 0 Å². The van der Waals surface area contributed by atoms with E-state index < -0.39 is 5.97 Å². The quantitative estimate of drug-likeness (QED) is 0.875. The van der Waals surface area contributed by atoms with E-state index in [0.717, 1.165) is 13.0 Å². The molecular formula is C11H12N2O2S2. The van der Waals surface area contributed by atoms with Crippen molar-refractivity contribution in [1.82, 2.24) is 4.37 Å². The molecule has 0 amide bonds. The standard InChI is InChI=1S/C11H12N2O2S2/c1-7-9(11(14)15)10(17-13-7)12-5-4-8-3-2-6-16-8/h2-3,6,12H,4-5H2,1H3,(H,14,15). The number of carboxylic acid groups (broad SMARTS) is 1. The number of carbonyl (C=O) groups is 1. The molecule has 2 rings (SSSR count). The Hall–Kier alpha value is -1.40. The lowest BCUT2D eigenvalue weighted by Crippen LogP contribution is -2.07. The predicted octanol–water partition coefficient (Wildman–Crippen LogP) is 2.87. The number of aromatic nitrogens is 1. The summed E-state index contributed by atoms with van der Waals surface area (Å²) in [7, 11) is 0. The molecule has 0 saturated carbocycles. The molecule has 0 aromatic carbocycles. The fourth-order valence-corrected chi connectivity index (χ4v) is 3.02. The number of nitrogens with zero attached hydrogens (tertiary/aromatic N) is 1. The van der Waals surface area contributed by atoms with Crippen LogP contribution in [-0.2, 0) is 6.42 Å². The second kappa shape index (κ2) is 5.29. The van der Waals surface area contributed by atoms with Crippen LogP contribution in [0.5, 0.6) is 0 Å². The first-order valence-corrected chi connectivity index (χ1v) is 6.79. The smallest absolute Gasteiger partial charge is 0.340 e. The van der Waals surface area contributed by atoms with Crippen molar-refractivity contribution in [2.45, 2.75) is 13.3 Å². The summed E-state index contributed by atoms with van der Waals surface area (Å²) in [4.78, 5) is 12.3. The number of aromatic carboxylic acids is 1. The van der Waals surface area contributed by atoms with Gasteiger partial charge in [0.1, 0.15) is 10.6 Å². The average molecular weight is 268 g/mol. The van der Waals surface area contributed by atoms with Crippen molar-refractivity contribution in [2.75, 3.05) is 11.9 Å². The fourth-order valence-electron chi connectivity index (χ4n) is 1.50. The van der Waals surface area contributed by atoms with E-state index in [0.29, 0.717) is 16.3 Å². The summed E-state index contributed by atoms with van der Waals surface area (Å²) < 4.78 is 4.05. The van der Waals surface area contributed by atoms with Crippen LogP contribution in [0.1, 0.15) is 20.9 Å². The van der Waals surface area contributed by atoms with E-state index in [9.17, 15) is 4.79 Å². The van der Waals surface area contributed by atoms with Gasteiger partial charge in [0.05, 0.1) is 5.69 Å². The van der Waals surface area contributed by atoms with Gasteiger partial charge < -0.3 is 10.4 Å². The minimum absolute atomic E-state index is 0.293. The van der Waals surface area contributed by atoms with Crippen LogP contribution >= 0.6 is 22.9 Å². The number of nitrogens with one attached hydrogen (secondary N) is 1. The summed E-state index contributed by atoms with van der Waals surface area (Å²) in [5.41, 5.74) is 0.863. The van der Waals surface area contributed by atoms with Crippen LogP contribution in [0.2, 0.25) is 0 Å². The molecule has 2 N–H and O–H groups in total. The number of hydrogen-bond donors (Lipinski definition) is 2. The summed E-state index contributed by atoms with van der Waals surface area (Å²) in [5, 5.41) is 14.9. The van der Waals surface area contributed by atoms with Crippen LogP contribution in [-0.4, -0.2) is 22.0 Å². The Morgan fingerprint density at radius 1 is 1.59 bits per heavy atom.